The van der Waals surface area contributed by atoms with E-state index in [-0.39, 0.29) is 0 Å². The smallest absolute Gasteiger partial charge is 0.0722 e. The molecule has 1 heterocycles. The standard InChI is InChI=1S/C9H8N2.3C2H6/c10-8-5-6-11-9-4-2-1-3-7(8)9;3*1-2/h1-6H,(H2,10,11);3*1-2H3. The van der Waals surface area contributed by atoms with Crippen LogP contribution in [-0.2, 0) is 0 Å². The third-order valence-corrected chi connectivity index (χ3v) is 1.68. The van der Waals surface area contributed by atoms with Gasteiger partial charge in [0, 0.05) is 17.3 Å². The predicted octanol–water partition coefficient (Wildman–Crippen LogP) is 4.90. The van der Waals surface area contributed by atoms with Crippen molar-refractivity contribution in [2.45, 2.75) is 41.5 Å². The summed E-state index contributed by atoms with van der Waals surface area (Å²) in [6, 6.07) is 9.64. The van der Waals surface area contributed by atoms with Crippen LogP contribution in [0.2, 0.25) is 0 Å². The summed E-state index contributed by atoms with van der Waals surface area (Å²) in [5.41, 5.74) is 7.46. The van der Waals surface area contributed by atoms with Gasteiger partial charge in [0.15, 0.2) is 0 Å². The molecule has 0 atom stereocenters. The summed E-state index contributed by atoms with van der Waals surface area (Å²) in [5.74, 6) is 0. The lowest BCUT2D eigenvalue weighted by Crippen LogP contribution is -1.87. The third kappa shape index (κ3) is 5.91. The zero-order chi connectivity index (χ0) is 13.7. The average molecular weight is 234 g/mol. The number of nitrogens with two attached hydrogens (primary N) is 1. The normalized spacial score (nSPS) is 7.65. The molecule has 2 rings (SSSR count). The van der Waals surface area contributed by atoms with Crippen LogP contribution in [0.1, 0.15) is 41.5 Å². The van der Waals surface area contributed by atoms with Crippen LogP contribution in [0, 0.1) is 0 Å². The Morgan fingerprint density at radius 2 is 1.35 bits per heavy atom. The van der Waals surface area contributed by atoms with Gasteiger partial charge in [-0.1, -0.05) is 59.7 Å². The number of nitrogens with zero attached hydrogens (tertiary/aromatic N) is 1. The molecule has 2 nitrogen and oxygen atoms in total. The summed E-state index contributed by atoms with van der Waals surface area (Å²) in [5, 5.41) is 1.02. The fraction of sp³-hybridized carbons (Fsp3) is 0.400. The Labute approximate surface area is 106 Å². The zero-order valence-electron chi connectivity index (χ0n) is 12.0. The highest BCUT2D eigenvalue weighted by Crippen LogP contribution is 2.16. The van der Waals surface area contributed by atoms with E-state index in [1.54, 1.807) is 6.20 Å². The Balaban J connectivity index is 0. The summed E-state index contributed by atoms with van der Waals surface area (Å²) in [7, 11) is 0. The van der Waals surface area contributed by atoms with E-state index in [4.69, 9.17) is 5.73 Å². The number of fused-ring (bicyclic) bond motifs is 1. The van der Waals surface area contributed by atoms with E-state index in [9.17, 15) is 0 Å². The summed E-state index contributed by atoms with van der Waals surface area (Å²) < 4.78 is 0. The largest absolute Gasteiger partial charge is 0.398 e. The van der Waals surface area contributed by atoms with Crippen LogP contribution < -0.4 is 5.73 Å². The van der Waals surface area contributed by atoms with E-state index >= 15 is 0 Å². The Morgan fingerprint density at radius 1 is 0.824 bits per heavy atom. The number of pyridine rings is 1. The predicted molar refractivity (Wildman–Crippen MR) is 80.2 cm³/mol. The van der Waals surface area contributed by atoms with Crippen molar-refractivity contribution in [1.29, 1.82) is 0 Å². The second-order valence-corrected chi connectivity index (χ2v) is 2.42. The highest BCUT2D eigenvalue weighted by atomic mass is 14.7. The molecule has 1 aromatic heterocycles. The first-order valence-corrected chi connectivity index (χ1v) is 6.47. The summed E-state index contributed by atoms with van der Waals surface area (Å²) in [4.78, 5) is 4.16. The molecule has 0 amide bonds. The van der Waals surface area contributed by atoms with Crippen LogP contribution in [0.25, 0.3) is 10.9 Å². The molecule has 0 spiro atoms. The summed E-state index contributed by atoms with van der Waals surface area (Å²) >= 11 is 0. The molecular formula is C15H26N2. The van der Waals surface area contributed by atoms with E-state index < -0.39 is 0 Å². The number of para-hydroxylation sites is 1. The van der Waals surface area contributed by atoms with Crippen molar-refractivity contribution < 1.29 is 0 Å². The molecule has 0 saturated heterocycles. The van der Waals surface area contributed by atoms with Crippen LogP contribution in [0.15, 0.2) is 36.5 Å². The zero-order valence-corrected chi connectivity index (χ0v) is 12.0. The van der Waals surface area contributed by atoms with Crippen LogP contribution in [-0.4, -0.2) is 4.98 Å². The number of nitrogen functional groups attached to an aromatic ring is 1. The monoisotopic (exact) mass is 234 g/mol. The second kappa shape index (κ2) is 12.5. The van der Waals surface area contributed by atoms with Crippen molar-refractivity contribution in [2.75, 3.05) is 5.73 Å². The lowest BCUT2D eigenvalue weighted by Gasteiger charge is -1.97. The first-order chi connectivity index (χ1) is 8.38. The number of hydrogen-bond donors (Lipinski definition) is 1. The number of benzene rings is 1. The van der Waals surface area contributed by atoms with Gasteiger partial charge in [0.25, 0.3) is 0 Å². The van der Waals surface area contributed by atoms with Gasteiger partial charge in [-0.3, -0.25) is 4.98 Å². The van der Waals surface area contributed by atoms with Gasteiger partial charge >= 0.3 is 0 Å². The highest BCUT2D eigenvalue weighted by Gasteiger charge is 1.94. The lowest BCUT2D eigenvalue weighted by atomic mass is 10.2. The van der Waals surface area contributed by atoms with E-state index in [1.165, 1.54) is 0 Å². The van der Waals surface area contributed by atoms with Crippen molar-refractivity contribution in [3.8, 4) is 0 Å². The van der Waals surface area contributed by atoms with Crippen LogP contribution in [0.3, 0.4) is 0 Å². The number of rotatable bonds is 0. The molecule has 0 unspecified atom stereocenters. The van der Waals surface area contributed by atoms with Crippen LogP contribution in [0.4, 0.5) is 5.69 Å². The quantitative estimate of drug-likeness (QED) is 0.704. The van der Waals surface area contributed by atoms with Gasteiger partial charge in [-0.15, -0.1) is 0 Å². The molecule has 0 aliphatic carbocycles. The van der Waals surface area contributed by atoms with Gasteiger partial charge in [-0.05, 0) is 12.1 Å². The van der Waals surface area contributed by atoms with Crippen molar-refractivity contribution in [2.24, 2.45) is 0 Å². The summed E-state index contributed by atoms with van der Waals surface area (Å²) in [6.07, 6.45) is 1.72. The molecule has 0 aliphatic heterocycles. The number of aromatic nitrogens is 1. The maximum absolute atomic E-state index is 5.72. The van der Waals surface area contributed by atoms with Crippen molar-refractivity contribution in [1.82, 2.24) is 4.98 Å². The van der Waals surface area contributed by atoms with E-state index in [0.29, 0.717) is 0 Å². The maximum Gasteiger partial charge on any atom is 0.0722 e. The minimum absolute atomic E-state index is 0.788. The molecule has 2 heteroatoms. The minimum Gasteiger partial charge on any atom is -0.398 e. The van der Waals surface area contributed by atoms with Gasteiger partial charge in [0.2, 0.25) is 0 Å². The molecule has 0 saturated carbocycles. The Bertz CT molecular complexity index is 378. The first-order valence-electron chi connectivity index (χ1n) is 6.47. The van der Waals surface area contributed by atoms with Crippen LogP contribution in [0.5, 0.6) is 0 Å². The molecular weight excluding hydrogens is 208 g/mol. The molecule has 0 fully saturated rings. The second-order valence-electron chi connectivity index (χ2n) is 2.42. The Kier molecular flexibility index (Phi) is 13.1. The fourth-order valence-corrected chi connectivity index (χ4v) is 1.12. The molecule has 0 radical (unpaired) electrons. The van der Waals surface area contributed by atoms with Crippen molar-refractivity contribution in [3.63, 3.8) is 0 Å². The molecule has 17 heavy (non-hydrogen) atoms. The van der Waals surface area contributed by atoms with Crippen LogP contribution >= 0.6 is 0 Å². The molecule has 2 N–H and O–H groups in total. The highest BCUT2D eigenvalue weighted by molar-refractivity contribution is 5.89. The van der Waals surface area contributed by atoms with E-state index in [0.717, 1.165) is 16.6 Å². The molecule has 1 aromatic carbocycles. The molecule has 0 bridgehead atoms. The Morgan fingerprint density at radius 3 is 1.88 bits per heavy atom. The Hall–Kier alpha value is -1.57. The lowest BCUT2D eigenvalue weighted by molar-refractivity contribution is 1.41. The van der Waals surface area contributed by atoms with Gasteiger partial charge < -0.3 is 5.73 Å². The number of anilines is 1. The average Bonchev–Trinajstić information content (AvgIpc) is 2.46. The van der Waals surface area contributed by atoms with Gasteiger partial charge in [0.1, 0.15) is 0 Å². The fourth-order valence-electron chi connectivity index (χ4n) is 1.12. The van der Waals surface area contributed by atoms with Gasteiger partial charge in [-0.2, -0.15) is 0 Å². The van der Waals surface area contributed by atoms with Crippen molar-refractivity contribution in [3.05, 3.63) is 36.5 Å². The molecule has 96 valence electrons. The van der Waals surface area contributed by atoms with E-state index in [2.05, 4.69) is 4.98 Å². The molecule has 2 aromatic rings. The summed E-state index contributed by atoms with van der Waals surface area (Å²) in [6.45, 7) is 12.0. The maximum atomic E-state index is 5.72. The number of hydrogen-bond acceptors (Lipinski definition) is 2. The minimum atomic E-state index is 0.788. The van der Waals surface area contributed by atoms with E-state index in [1.807, 2.05) is 71.9 Å². The van der Waals surface area contributed by atoms with Crippen molar-refractivity contribution >= 4 is 16.6 Å². The first kappa shape index (κ1) is 17.8. The van der Waals surface area contributed by atoms with Gasteiger partial charge in [-0.25, -0.2) is 0 Å². The van der Waals surface area contributed by atoms with Gasteiger partial charge in [0.05, 0.1) is 5.52 Å². The third-order valence-electron chi connectivity index (χ3n) is 1.68. The SMILES string of the molecule is CC.CC.CC.Nc1ccnc2ccccc12. The topological polar surface area (TPSA) is 38.9 Å². The molecule has 0 aliphatic rings.